The quantitative estimate of drug-likeness (QED) is 0.287. The Balaban J connectivity index is 1.62. The lowest BCUT2D eigenvalue weighted by molar-refractivity contribution is -0.170. The number of hydrogen-bond donors (Lipinski definition) is 0. The Morgan fingerprint density at radius 1 is 1.04 bits per heavy atom. The van der Waals surface area contributed by atoms with E-state index < -0.39 is 0 Å². The first kappa shape index (κ1) is 20.5. The number of carbonyl (C=O) groups is 1. The van der Waals surface area contributed by atoms with Crippen molar-refractivity contribution in [2.45, 2.75) is 110 Å². The molecule has 6 unspecified atom stereocenters. The van der Waals surface area contributed by atoms with Crippen molar-refractivity contribution in [3.05, 3.63) is 12.2 Å². The Morgan fingerprint density at radius 3 is 2.46 bits per heavy atom. The summed E-state index contributed by atoms with van der Waals surface area (Å²) in [5.74, 6) is 3.12. The normalized spacial score (nSPS) is 44.4. The molecule has 2 nitrogen and oxygen atoms in total. The van der Waals surface area contributed by atoms with Crippen LogP contribution in [0.2, 0.25) is 0 Å². The van der Waals surface area contributed by atoms with Crippen molar-refractivity contribution in [3.63, 3.8) is 0 Å². The summed E-state index contributed by atoms with van der Waals surface area (Å²) in [6.45, 7) is 14.3. The van der Waals surface area contributed by atoms with Gasteiger partial charge in [-0.15, -0.1) is 0 Å². The van der Waals surface area contributed by atoms with E-state index in [-0.39, 0.29) is 22.4 Å². The molecule has 158 valence electrons. The molecule has 0 aromatic carbocycles. The van der Waals surface area contributed by atoms with Gasteiger partial charge in [0.2, 0.25) is 0 Å². The fourth-order valence-electron chi connectivity index (χ4n) is 8.10. The molecule has 1 heterocycles. The fourth-order valence-corrected chi connectivity index (χ4v) is 8.10. The number of hydrogen-bond acceptors (Lipinski definition) is 2. The maximum absolute atomic E-state index is 12.1. The van der Waals surface area contributed by atoms with E-state index in [0.29, 0.717) is 6.42 Å². The van der Waals surface area contributed by atoms with Crippen LogP contribution in [0.3, 0.4) is 0 Å². The van der Waals surface area contributed by atoms with Crippen LogP contribution in [0.4, 0.5) is 0 Å². The van der Waals surface area contributed by atoms with Crippen LogP contribution in [-0.4, -0.2) is 11.6 Å². The molecule has 4 rings (SSSR count). The van der Waals surface area contributed by atoms with E-state index >= 15 is 0 Å². The lowest BCUT2D eigenvalue weighted by Crippen LogP contribution is -2.55. The molecule has 1 saturated heterocycles. The van der Waals surface area contributed by atoms with Gasteiger partial charge in [-0.05, 0) is 74.0 Å². The molecule has 0 aromatic heterocycles. The number of allylic oxidation sites excluding steroid dienone is 1. The first-order valence-electron chi connectivity index (χ1n) is 12.2. The zero-order chi connectivity index (χ0) is 20.2. The predicted molar refractivity (Wildman–Crippen MR) is 115 cm³/mol. The molecule has 0 amide bonds. The van der Waals surface area contributed by atoms with Gasteiger partial charge in [0, 0.05) is 11.8 Å². The van der Waals surface area contributed by atoms with E-state index in [1.165, 1.54) is 63.4 Å². The first-order valence-corrected chi connectivity index (χ1v) is 12.2. The van der Waals surface area contributed by atoms with Crippen LogP contribution in [0.15, 0.2) is 12.2 Å². The molecular weight excluding hydrogens is 344 g/mol. The van der Waals surface area contributed by atoms with E-state index in [9.17, 15) is 4.79 Å². The highest BCUT2D eigenvalue weighted by Gasteiger charge is 2.67. The molecule has 1 spiro atoms. The molecule has 0 N–H and O–H groups in total. The molecule has 2 heteroatoms. The van der Waals surface area contributed by atoms with Crippen molar-refractivity contribution in [3.8, 4) is 0 Å². The van der Waals surface area contributed by atoms with Crippen molar-refractivity contribution >= 4 is 5.97 Å². The summed E-state index contributed by atoms with van der Waals surface area (Å²) in [4.78, 5) is 12.1. The van der Waals surface area contributed by atoms with Crippen LogP contribution in [-0.2, 0) is 9.53 Å². The summed E-state index contributed by atoms with van der Waals surface area (Å²) in [6.07, 6.45) is 14.5. The number of rotatable bonds is 5. The van der Waals surface area contributed by atoms with Gasteiger partial charge in [-0.2, -0.15) is 0 Å². The minimum absolute atomic E-state index is 0.0532. The van der Waals surface area contributed by atoms with Gasteiger partial charge in [-0.25, -0.2) is 0 Å². The lowest BCUT2D eigenvalue weighted by atomic mass is 9.45. The molecule has 3 saturated carbocycles. The third-order valence-electron chi connectivity index (χ3n) is 9.98. The highest BCUT2D eigenvalue weighted by molar-refractivity contribution is 5.72. The maximum Gasteiger partial charge on any atom is 0.306 e. The molecule has 6 atom stereocenters. The SMILES string of the molecule is C=C1CC(CCCCCC)C2C(CCC3(C)C2CCC32CCC(=O)O2)C1(C)C. The van der Waals surface area contributed by atoms with Crippen molar-refractivity contribution < 1.29 is 9.53 Å². The standard InChI is InChI=1S/C26H42O2/c1-6-7-8-9-10-19-17-18(2)24(3,4)20-11-14-25(5)21(23(19)20)12-15-26(25)16-13-22(27)28-26/h19-21,23H,2,6-17H2,1,3-5H3. The Kier molecular flexibility index (Phi) is 5.24. The minimum Gasteiger partial charge on any atom is -0.458 e. The minimum atomic E-state index is -0.148. The predicted octanol–water partition coefficient (Wildman–Crippen LogP) is 7.08. The largest absolute Gasteiger partial charge is 0.458 e. The van der Waals surface area contributed by atoms with E-state index in [1.54, 1.807) is 0 Å². The summed E-state index contributed by atoms with van der Waals surface area (Å²) in [5, 5.41) is 0. The number of esters is 1. The Hall–Kier alpha value is -0.790. The molecule has 1 aliphatic heterocycles. The smallest absolute Gasteiger partial charge is 0.306 e. The molecule has 3 aliphatic carbocycles. The topological polar surface area (TPSA) is 26.3 Å². The number of ether oxygens (including phenoxy) is 1. The van der Waals surface area contributed by atoms with Gasteiger partial charge in [-0.3, -0.25) is 4.79 Å². The molecular formula is C26H42O2. The highest BCUT2D eigenvalue weighted by Crippen LogP contribution is 2.70. The summed E-state index contributed by atoms with van der Waals surface area (Å²) in [6, 6.07) is 0. The van der Waals surface area contributed by atoms with Crippen LogP contribution in [0.1, 0.15) is 105 Å². The second-order valence-corrected chi connectivity index (χ2v) is 11.4. The number of carbonyl (C=O) groups excluding carboxylic acids is 1. The Morgan fingerprint density at radius 2 is 1.79 bits per heavy atom. The third-order valence-corrected chi connectivity index (χ3v) is 9.98. The van der Waals surface area contributed by atoms with Gasteiger partial charge < -0.3 is 4.74 Å². The third kappa shape index (κ3) is 2.91. The second kappa shape index (κ2) is 7.17. The monoisotopic (exact) mass is 386 g/mol. The van der Waals surface area contributed by atoms with Crippen LogP contribution >= 0.6 is 0 Å². The summed E-state index contributed by atoms with van der Waals surface area (Å²) < 4.78 is 6.13. The molecule has 4 aliphatic rings. The van der Waals surface area contributed by atoms with E-state index in [0.717, 1.165) is 36.5 Å². The molecule has 4 fully saturated rings. The Labute approximate surface area is 172 Å². The van der Waals surface area contributed by atoms with Crippen molar-refractivity contribution in [1.29, 1.82) is 0 Å². The van der Waals surface area contributed by atoms with Crippen LogP contribution < -0.4 is 0 Å². The van der Waals surface area contributed by atoms with Crippen molar-refractivity contribution in [2.24, 2.45) is 34.5 Å². The molecule has 0 aromatic rings. The van der Waals surface area contributed by atoms with E-state index in [4.69, 9.17) is 4.74 Å². The van der Waals surface area contributed by atoms with Gasteiger partial charge in [0.25, 0.3) is 0 Å². The van der Waals surface area contributed by atoms with Gasteiger partial charge in [0.15, 0.2) is 0 Å². The number of fused-ring (bicyclic) bond motifs is 4. The van der Waals surface area contributed by atoms with Gasteiger partial charge in [0.05, 0.1) is 0 Å². The van der Waals surface area contributed by atoms with Crippen molar-refractivity contribution in [2.75, 3.05) is 0 Å². The zero-order valence-corrected chi connectivity index (χ0v) is 18.8. The molecule has 28 heavy (non-hydrogen) atoms. The zero-order valence-electron chi connectivity index (χ0n) is 18.8. The highest BCUT2D eigenvalue weighted by atomic mass is 16.6. The summed E-state index contributed by atoms with van der Waals surface area (Å²) in [5.41, 5.74) is 1.80. The first-order chi connectivity index (χ1) is 13.2. The molecule has 0 bridgehead atoms. The lowest BCUT2D eigenvalue weighted by Gasteiger charge is -2.60. The average Bonchev–Trinajstić information content (AvgIpc) is 3.17. The summed E-state index contributed by atoms with van der Waals surface area (Å²) in [7, 11) is 0. The van der Waals surface area contributed by atoms with Gasteiger partial charge in [0.1, 0.15) is 5.60 Å². The second-order valence-electron chi connectivity index (χ2n) is 11.4. The van der Waals surface area contributed by atoms with Crippen LogP contribution in [0, 0.1) is 34.5 Å². The van der Waals surface area contributed by atoms with Gasteiger partial charge in [-0.1, -0.05) is 65.5 Å². The van der Waals surface area contributed by atoms with Gasteiger partial charge >= 0.3 is 5.97 Å². The Bertz CT molecular complexity index is 634. The van der Waals surface area contributed by atoms with E-state index in [1.807, 2.05) is 0 Å². The van der Waals surface area contributed by atoms with Crippen LogP contribution in [0.25, 0.3) is 0 Å². The van der Waals surface area contributed by atoms with E-state index in [2.05, 4.69) is 34.3 Å². The molecule has 0 radical (unpaired) electrons. The van der Waals surface area contributed by atoms with Crippen molar-refractivity contribution in [1.82, 2.24) is 0 Å². The fraction of sp³-hybridized carbons (Fsp3) is 0.885. The maximum atomic E-state index is 12.1. The summed E-state index contributed by atoms with van der Waals surface area (Å²) >= 11 is 0. The average molecular weight is 387 g/mol. The van der Waals surface area contributed by atoms with Crippen LogP contribution in [0.5, 0.6) is 0 Å². The number of unbranched alkanes of at least 4 members (excludes halogenated alkanes) is 3.